The lowest BCUT2D eigenvalue weighted by atomic mass is 10.1. The number of methoxy groups -OCH3 is 2. The summed E-state index contributed by atoms with van der Waals surface area (Å²) < 4.78 is 15.0. The summed E-state index contributed by atoms with van der Waals surface area (Å²) in [5.74, 6) is 0.643. The highest BCUT2D eigenvalue weighted by molar-refractivity contribution is 5.86. The standard InChI is InChI=1S/C14H14O5/c1-17-11-5-3-4-9(13(11)18-2)6-7-10-8-12(15)19-14(10)16/h3-8,14,16H,1-2H3/b7-6+. The Hall–Kier alpha value is -2.27. The van der Waals surface area contributed by atoms with Crippen LogP contribution in [0.2, 0.25) is 0 Å². The van der Waals surface area contributed by atoms with Crippen LogP contribution in [0, 0.1) is 0 Å². The van der Waals surface area contributed by atoms with Crippen molar-refractivity contribution in [2.24, 2.45) is 0 Å². The number of hydrogen-bond donors (Lipinski definition) is 1. The molecule has 0 amide bonds. The predicted octanol–water partition coefficient (Wildman–Crippen LogP) is 1.52. The van der Waals surface area contributed by atoms with Gasteiger partial charge in [-0.3, -0.25) is 0 Å². The average molecular weight is 262 g/mol. The second-order valence-corrected chi connectivity index (χ2v) is 3.85. The van der Waals surface area contributed by atoms with Crippen LogP contribution in [0.4, 0.5) is 0 Å². The van der Waals surface area contributed by atoms with E-state index in [4.69, 9.17) is 9.47 Å². The van der Waals surface area contributed by atoms with E-state index in [2.05, 4.69) is 4.74 Å². The highest BCUT2D eigenvalue weighted by Gasteiger charge is 2.21. The minimum Gasteiger partial charge on any atom is -0.493 e. The third-order valence-electron chi connectivity index (χ3n) is 2.69. The van der Waals surface area contributed by atoms with E-state index in [1.165, 1.54) is 6.08 Å². The summed E-state index contributed by atoms with van der Waals surface area (Å²) in [6.07, 6.45) is 3.36. The fourth-order valence-corrected chi connectivity index (χ4v) is 1.78. The van der Waals surface area contributed by atoms with Gasteiger partial charge in [0, 0.05) is 17.2 Å². The number of carbonyl (C=O) groups is 1. The second kappa shape index (κ2) is 5.58. The minimum atomic E-state index is -1.21. The van der Waals surface area contributed by atoms with Gasteiger partial charge in [0.1, 0.15) is 0 Å². The molecule has 0 saturated heterocycles. The zero-order chi connectivity index (χ0) is 13.8. The third kappa shape index (κ3) is 2.77. The molecule has 2 rings (SSSR count). The number of benzene rings is 1. The number of rotatable bonds is 4. The van der Waals surface area contributed by atoms with Gasteiger partial charge in [-0.2, -0.15) is 0 Å². The number of hydrogen-bond acceptors (Lipinski definition) is 5. The van der Waals surface area contributed by atoms with Crippen LogP contribution in [0.25, 0.3) is 6.08 Å². The van der Waals surface area contributed by atoms with Gasteiger partial charge in [-0.05, 0) is 6.07 Å². The van der Waals surface area contributed by atoms with Gasteiger partial charge >= 0.3 is 5.97 Å². The molecule has 0 aromatic heterocycles. The van der Waals surface area contributed by atoms with E-state index in [1.807, 2.05) is 12.1 Å². The number of aliphatic hydroxyl groups excluding tert-OH is 1. The number of carbonyl (C=O) groups excluding carboxylic acids is 1. The summed E-state index contributed by atoms with van der Waals surface area (Å²) >= 11 is 0. The minimum absolute atomic E-state index is 0.398. The van der Waals surface area contributed by atoms with Crippen molar-refractivity contribution >= 4 is 12.0 Å². The Morgan fingerprint density at radius 3 is 2.63 bits per heavy atom. The number of esters is 1. The van der Waals surface area contributed by atoms with E-state index < -0.39 is 12.3 Å². The number of para-hydroxylation sites is 1. The fraction of sp³-hybridized carbons (Fsp3) is 0.214. The molecular formula is C14H14O5. The molecule has 19 heavy (non-hydrogen) atoms. The molecule has 0 fully saturated rings. The Morgan fingerprint density at radius 1 is 1.26 bits per heavy atom. The SMILES string of the molecule is COc1cccc(/C=C/C2=CC(=O)OC2O)c1OC. The molecule has 0 radical (unpaired) electrons. The Balaban J connectivity index is 2.29. The molecule has 0 aliphatic carbocycles. The Morgan fingerprint density at radius 2 is 2.05 bits per heavy atom. The highest BCUT2D eigenvalue weighted by Crippen LogP contribution is 2.32. The fourth-order valence-electron chi connectivity index (χ4n) is 1.78. The van der Waals surface area contributed by atoms with Gasteiger partial charge in [-0.1, -0.05) is 24.3 Å². The van der Waals surface area contributed by atoms with E-state index in [-0.39, 0.29) is 0 Å². The lowest BCUT2D eigenvalue weighted by molar-refractivity contribution is -0.150. The number of cyclic esters (lactones) is 1. The molecule has 1 heterocycles. The molecule has 1 aliphatic rings. The van der Waals surface area contributed by atoms with Crippen LogP contribution < -0.4 is 9.47 Å². The quantitative estimate of drug-likeness (QED) is 0.833. The van der Waals surface area contributed by atoms with Gasteiger partial charge in [-0.15, -0.1) is 0 Å². The first-order valence-electron chi connectivity index (χ1n) is 5.65. The normalized spacial score (nSPS) is 18.4. The summed E-state index contributed by atoms with van der Waals surface area (Å²) in [5, 5.41) is 9.45. The van der Waals surface area contributed by atoms with Gasteiger partial charge in [0.25, 0.3) is 0 Å². The van der Waals surface area contributed by atoms with Gasteiger partial charge in [0.15, 0.2) is 11.5 Å². The van der Waals surface area contributed by atoms with Crippen LogP contribution in [0.1, 0.15) is 5.56 Å². The van der Waals surface area contributed by atoms with Crippen LogP contribution >= 0.6 is 0 Å². The summed E-state index contributed by atoms with van der Waals surface area (Å²) in [5.41, 5.74) is 1.17. The molecule has 1 atom stereocenters. The highest BCUT2D eigenvalue weighted by atomic mass is 16.6. The molecule has 5 nitrogen and oxygen atoms in total. The van der Waals surface area contributed by atoms with Gasteiger partial charge in [-0.25, -0.2) is 4.79 Å². The first kappa shape index (κ1) is 13.2. The summed E-state index contributed by atoms with van der Waals surface area (Å²) in [6.45, 7) is 0. The van der Waals surface area contributed by atoms with Crippen LogP contribution in [0.15, 0.2) is 35.9 Å². The maximum atomic E-state index is 11.0. The maximum Gasteiger partial charge on any atom is 0.333 e. The molecule has 5 heteroatoms. The molecule has 100 valence electrons. The summed E-state index contributed by atoms with van der Waals surface area (Å²) in [4.78, 5) is 11.0. The predicted molar refractivity (Wildman–Crippen MR) is 68.8 cm³/mol. The monoisotopic (exact) mass is 262 g/mol. The van der Waals surface area contributed by atoms with Gasteiger partial charge < -0.3 is 19.3 Å². The van der Waals surface area contributed by atoms with E-state index >= 15 is 0 Å². The Labute approximate surface area is 110 Å². The molecule has 1 aliphatic heterocycles. The molecular weight excluding hydrogens is 248 g/mol. The van der Waals surface area contributed by atoms with Crippen molar-refractivity contribution < 1.29 is 24.1 Å². The molecule has 0 bridgehead atoms. The first-order chi connectivity index (χ1) is 9.15. The van der Waals surface area contributed by atoms with Gasteiger partial charge in [0.2, 0.25) is 6.29 Å². The summed E-state index contributed by atoms with van der Waals surface area (Å²) in [6, 6.07) is 5.44. The molecule has 0 saturated carbocycles. The van der Waals surface area contributed by atoms with Crippen molar-refractivity contribution in [2.45, 2.75) is 6.29 Å². The Kier molecular flexibility index (Phi) is 3.87. The van der Waals surface area contributed by atoms with Crippen molar-refractivity contribution in [1.82, 2.24) is 0 Å². The molecule has 1 aromatic rings. The first-order valence-corrected chi connectivity index (χ1v) is 5.65. The smallest absolute Gasteiger partial charge is 0.333 e. The lowest BCUT2D eigenvalue weighted by Crippen LogP contribution is -2.08. The van der Waals surface area contributed by atoms with E-state index in [9.17, 15) is 9.90 Å². The lowest BCUT2D eigenvalue weighted by Gasteiger charge is -2.10. The van der Waals surface area contributed by atoms with Crippen molar-refractivity contribution in [3.05, 3.63) is 41.5 Å². The van der Waals surface area contributed by atoms with Crippen molar-refractivity contribution in [2.75, 3.05) is 14.2 Å². The maximum absolute atomic E-state index is 11.0. The molecule has 0 spiro atoms. The van der Waals surface area contributed by atoms with Crippen LogP contribution in [-0.2, 0) is 9.53 Å². The third-order valence-corrected chi connectivity index (χ3v) is 2.69. The zero-order valence-corrected chi connectivity index (χ0v) is 10.6. The van der Waals surface area contributed by atoms with Crippen molar-refractivity contribution in [1.29, 1.82) is 0 Å². The van der Waals surface area contributed by atoms with Gasteiger partial charge in [0.05, 0.1) is 14.2 Å². The van der Waals surface area contributed by atoms with Crippen LogP contribution in [-0.4, -0.2) is 31.6 Å². The van der Waals surface area contributed by atoms with E-state index in [0.717, 1.165) is 5.56 Å². The average Bonchev–Trinajstić information content (AvgIpc) is 2.73. The van der Waals surface area contributed by atoms with Crippen LogP contribution in [0.3, 0.4) is 0 Å². The molecule has 1 N–H and O–H groups in total. The summed E-state index contributed by atoms with van der Waals surface area (Å²) in [7, 11) is 3.10. The number of aliphatic hydroxyl groups is 1. The van der Waals surface area contributed by atoms with Crippen molar-refractivity contribution in [3.63, 3.8) is 0 Å². The molecule has 1 aromatic carbocycles. The zero-order valence-electron chi connectivity index (χ0n) is 10.6. The van der Waals surface area contributed by atoms with E-state index in [0.29, 0.717) is 17.1 Å². The number of ether oxygens (including phenoxy) is 3. The van der Waals surface area contributed by atoms with E-state index in [1.54, 1.807) is 32.4 Å². The largest absolute Gasteiger partial charge is 0.493 e. The second-order valence-electron chi connectivity index (χ2n) is 3.85. The van der Waals surface area contributed by atoms with Crippen molar-refractivity contribution in [3.8, 4) is 11.5 Å². The van der Waals surface area contributed by atoms with Crippen LogP contribution in [0.5, 0.6) is 11.5 Å². The topological polar surface area (TPSA) is 65.0 Å². The Bertz CT molecular complexity index is 545. The molecule has 1 unspecified atom stereocenters.